The van der Waals surface area contributed by atoms with E-state index in [-0.39, 0.29) is 0 Å². The predicted molar refractivity (Wildman–Crippen MR) is 76.5 cm³/mol. The van der Waals surface area contributed by atoms with Gasteiger partial charge in [0.05, 0.1) is 0 Å². The molecule has 0 aromatic carbocycles. The highest BCUT2D eigenvalue weighted by atomic mass is 15.2. The Morgan fingerprint density at radius 1 is 1.06 bits per heavy atom. The van der Waals surface area contributed by atoms with Crippen LogP contribution in [0, 0.1) is 11.3 Å². The molecular weight excluding hydrogens is 220 g/mol. The molecular formula is C16H30N2. The third kappa shape index (κ3) is 2.22. The summed E-state index contributed by atoms with van der Waals surface area (Å²) in [4.78, 5) is 2.83. The van der Waals surface area contributed by atoms with Crippen LogP contribution in [0.3, 0.4) is 0 Å². The van der Waals surface area contributed by atoms with Crippen molar-refractivity contribution in [3.8, 4) is 0 Å². The van der Waals surface area contributed by atoms with Crippen molar-refractivity contribution >= 4 is 0 Å². The minimum absolute atomic E-state index is 0.384. The van der Waals surface area contributed by atoms with Crippen molar-refractivity contribution in [3.05, 3.63) is 0 Å². The fourth-order valence-electron chi connectivity index (χ4n) is 4.84. The summed E-state index contributed by atoms with van der Waals surface area (Å²) in [6, 6.07) is 1.30. The van der Waals surface area contributed by atoms with Crippen molar-refractivity contribution in [1.29, 1.82) is 0 Å². The zero-order valence-corrected chi connectivity index (χ0v) is 12.0. The summed E-state index contributed by atoms with van der Waals surface area (Å²) in [6.45, 7) is 4.82. The lowest BCUT2D eigenvalue weighted by atomic mass is 9.56. The third-order valence-electron chi connectivity index (χ3n) is 6.15. The Morgan fingerprint density at radius 2 is 1.83 bits per heavy atom. The molecule has 2 N–H and O–H groups in total. The molecule has 0 amide bonds. The van der Waals surface area contributed by atoms with Gasteiger partial charge in [-0.05, 0) is 63.3 Å². The van der Waals surface area contributed by atoms with Gasteiger partial charge in [-0.3, -0.25) is 4.90 Å². The van der Waals surface area contributed by atoms with E-state index in [1.165, 1.54) is 70.9 Å². The first-order valence-electron chi connectivity index (χ1n) is 8.21. The zero-order valence-electron chi connectivity index (χ0n) is 12.0. The Morgan fingerprint density at radius 3 is 2.44 bits per heavy atom. The van der Waals surface area contributed by atoms with Gasteiger partial charge in [-0.25, -0.2) is 0 Å². The molecule has 1 aliphatic heterocycles. The molecule has 3 rings (SSSR count). The second-order valence-electron chi connectivity index (χ2n) is 7.23. The Balaban J connectivity index is 1.63. The van der Waals surface area contributed by atoms with Crippen LogP contribution in [-0.4, -0.2) is 30.1 Å². The molecule has 3 unspecified atom stereocenters. The van der Waals surface area contributed by atoms with Gasteiger partial charge in [0.25, 0.3) is 0 Å². The van der Waals surface area contributed by atoms with Crippen molar-refractivity contribution in [1.82, 2.24) is 4.90 Å². The second kappa shape index (κ2) is 5.13. The summed E-state index contributed by atoms with van der Waals surface area (Å²) < 4.78 is 0. The minimum atomic E-state index is 0.384. The number of rotatable bonds is 2. The summed E-state index contributed by atoms with van der Waals surface area (Å²) in [5.41, 5.74) is 6.87. The molecule has 0 bridgehead atoms. The van der Waals surface area contributed by atoms with Gasteiger partial charge in [0.15, 0.2) is 0 Å². The molecule has 1 saturated heterocycles. The summed E-state index contributed by atoms with van der Waals surface area (Å²) in [6.07, 6.45) is 13.2. The summed E-state index contributed by atoms with van der Waals surface area (Å²) >= 11 is 0. The van der Waals surface area contributed by atoms with Crippen LogP contribution in [0.25, 0.3) is 0 Å². The van der Waals surface area contributed by atoms with Crippen LogP contribution in [0.2, 0.25) is 0 Å². The van der Waals surface area contributed by atoms with Crippen LogP contribution < -0.4 is 5.73 Å². The maximum absolute atomic E-state index is 6.13. The normalized spacial score (nSPS) is 38.3. The molecule has 2 nitrogen and oxygen atoms in total. The fourth-order valence-corrected chi connectivity index (χ4v) is 4.84. The average molecular weight is 250 g/mol. The molecule has 104 valence electrons. The number of hydrogen-bond acceptors (Lipinski definition) is 2. The lowest BCUT2D eigenvalue weighted by molar-refractivity contribution is -0.0685. The Kier molecular flexibility index (Phi) is 3.68. The molecule has 1 spiro atoms. The van der Waals surface area contributed by atoms with Gasteiger partial charge >= 0.3 is 0 Å². The fraction of sp³-hybridized carbons (Fsp3) is 1.00. The molecule has 3 aliphatic rings. The lowest BCUT2D eigenvalue weighted by Crippen LogP contribution is -2.59. The molecule has 3 atom stereocenters. The van der Waals surface area contributed by atoms with Gasteiger partial charge in [-0.2, -0.15) is 0 Å². The van der Waals surface area contributed by atoms with Gasteiger partial charge in [-0.1, -0.05) is 19.3 Å². The highest BCUT2D eigenvalue weighted by Gasteiger charge is 2.49. The van der Waals surface area contributed by atoms with E-state index < -0.39 is 0 Å². The van der Waals surface area contributed by atoms with Gasteiger partial charge in [0.1, 0.15) is 0 Å². The Labute approximate surface area is 112 Å². The van der Waals surface area contributed by atoms with E-state index >= 15 is 0 Å². The Hall–Kier alpha value is -0.0800. The van der Waals surface area contributed by atoms with E-state index in [0.29, 0.717) is 6.04 Å². The molecule has 3 fully saturated rings. The van der Waals surface area contributed by atoms with E-state index in [1.54, 1.807) is 0 Å². The van der Waals surface area contributed by atoms with E-state index in [0.717, 1.165) is 17.4 Å². The second-order valence-corrected chi connectivity index (χ2v) is 7.23. The van der Waals surface area contributed by atoms with Crippen LogP contribution in [-0.2, 0) is 0 Å². The van der Waals surface area contributed by atoms with Crippen LogP contribution in [0.4, 0.5) is 0 Å². The van der Waals surface area contributed by atoms with Gasteiger partial charge in [0.2, 0.25) is 0 Å². The number of likely N-dealkylation sites (tertiary alicyclic amines) is 1. The highest BCUT2D eigenvalue weighted by Crippen LogP contribution is 2.54. The maximum atomic E-state index is 6.13. The monoisotopic (exact) mass is 250 g/mol. The zero-order chi connectivity index (χ0) is 12.6. The van der Waals surface area contributed by atoms with E-state index in [2.05, 4.69) is 11.8 Å². The molecule has 2 saturated carbocycles. The molecule has 1 heterocycles. The Bertz CT molecular complexity index is 281. The van der Waals surface area contributed by atoms with Crippen molar-refractivity contribution < 1.29 is 0 Å². The standard InChI is InChI=1S/C16H30N2/c1-13(17)14-6-5-11-18(12-14)15-7-10-16(15)8-3-2-4-9-16/h13-15H,2-12,17H2,1H3. The smallest absolute Gasteiger partial charge is 0.0152 e. The van der Waals surface area contributed by atoms with Crippen LogP contribution in [0.5, 0.6) is 0 Å². The average Bonchev–Trinajstić information content (AvgIpc) is 2.39. The van der Waals surface area contributed by atoms with Gasteiger partial charge < -0.3 is 5.73 Å². The number of nitrogens with zero attached hydrogens (tertiary/aromatic N) is 1. The maximum Gasteiger partial charge on any atom is 0.0152 e. The first-order chi connectivity index (χ1) is 8.71. The highest BCUT2D eigenvalue weighted by molar-refractivity contribution is 5.03. The third-order valence-corrected chi connectivity index (χ3v) is 6.15. The van der Waals surface area contributed by atoms with E-state index in [1.807, 2.05) is 0 Å². The quantitative estimate of drug-likeness (QED) is 0.815. The summed E-state index contributed by atoms with van der Waals surface area (Å²) in [5.74, 6) is 0.750. The van der Waals surface area contributed by atoms with Crippen molar-refractivity contribution in [2.24, 2.45) is 17.1 Å². The number of nitrogens with two attached hydrogens (primary N) is 1. The van der Waals surface area contributed by atoms with Crippen LogP contribution in [0.1, 0.15) is 64.7 Å². The molecule has 0 radical (unpaired) electrons. The first kappa shape index (κ1) is 12.9. The van der Waals surface area contributed by atoms with Crippen LogP contribution >= 0.6 is 0 Å². The van der Waals surface area contributed by atoms with Crippen molar-refractivity contribution in [3.63, 3.8) is 0 Å². The number of piperidine rings is 1. The lowest BCUT2D eigenvalue weighted by Gasteiger charge is -2.58. The molecule has 18 heavy (non-hydrogen) atoms. The van der Waals surface area contributed by atoms with Gasteiger partial charge in [-0.15, -0.1) is 0 Å². The summed E-state index contributed by atoms with van der Waals surface area (Å²) in [7, 11) is 0. The minimum Gasteiger partial charge on any atom is -0.328 e. The summed E-state index contributed by atoms with van der Waals surface area (Å²) in [5, 5.41) is 0. The van der Waals surface area contributed by atoms with Crippen LogP contribution in [0.15, 0.2) is 0 Å². The van der Waals surface area contributed by atoms with E-state index in [4.69, 9.17) is 5.73 Å². The van der Waals surface area contributed by atoms with E-state index in [9.17, 15) is 0 Å². The topological polar surface area (TPSA) is 29.3 Å². The number of hydrogen-bond donors (Lipinski definition) is 1. The molecule has 2 heteroatoms. The largest absolute Gasteiger partial charge is 0.328 e. The molecule has 0 aromatic rings. The van der Waals surface area contributed by atoms with Crippen molar-refractivity contribution in [2.45, 2.75) is 76.8 Å². The molecule has 0 aromatic heterocycles. The first-order valence-corrected chi connectivity index (χ1v) is 8.21. The molecule has 2 aliphatic carbocycles. The predicted octanol–water partition coefficient (Wildman–Crippen LogP) is 3.16. The SMILES string of the molecule is CC(N)C1CCCN(C2CCC23CCCCC3)C1. The van der Waals surface area contributed by atoms with Gasteiger partial charge in [0, 0.05) is 18.6 Å². The van der Waals surface area contributed by atoms with Crippen molar-refractivity contribution in [2.75, 3.05) is 13.1 Å².